The molecule has 0 atom stereocenters. The number of morpholine rings is 1. The van der Waals surface area contributed by atoms with E-state index < -0.39 is 0 Å². The van der Waals surface area contributed by atoms with Crippen molar-refractivity contribution in [2.75, 3.05) is 66.1 Å². The number of hydrogen-bond donors (Lipinski definition) is 1. The first-order chi connectivity index (χ1) is 13.9. The van der Waals surface area contributed by atoms with E-state index in [9.17, 15) is 4.79 Å². The van der Waals surface area contributed by atoms with E-state index in [1.165, 1.54) is 0 Å². The first-order valence-electron chi connectivity index (χ1n) is 10.4. The van der Waals surface area contributed by atoms with Crippen molar-refractivity contribution in [2.45, 2.75) is 32.7 Å². The van der Waals surface area contributed by atoms with E-state index in [1.54, 1.807) is 13.2 Å². The zero-order valence-electron chi connectivity index (χ0n) is 18.1. The molecule has 0 saturated carbocycles. The Bertz CT molecular complexity index is 697. The summed E-state index contributed by atoms with van der Waals surface area (Å²) in [7, 11) is 1.78. The molecule has 2 fully saturated rings. The summed E-state index contributed by atoms with van der Waals surface area (Å²) in [5.41, 5.74) is -0.0537. The minimum atomic E-state index is -0.0537. The average Bonchev–Trinajstić information content (AvgIpc) is 3.20. The second-order valence-corrected chi connectivity index (χ2v) is 8.53. The normalized spacial score (nSPS) is 19.5. The van der Waals surface area contributed by atoms with Crippen LogP contribution in [0.15, 0.2) is 15.6 Å². The quantitative estimate of drug-likeness (QED) is 0.576. The Kier molecular flexibility index (Phi) is 7.13. The molecular weight excluding hydrogens is 372 g/mol. The fourth-order valence-electron chi connectivity index (χ4n) is 3.45. The molecule has 3 heterocycles. The van der Waals surface area contributed by atoms with Crippen molar-refractivity contribution in [3.63, 3.8) is 0 Å². The van der Waals surface area contributed by atoms with E-state index in [-0.39, 0.29) is 11.3 Å². The van der Waals surface area contributed by atoms with Crippen molar-refractivity contribution in [1.82, 2.24) is 25.0 Å². The first-order valence-corrected chi connectivity index (χ1v) is 10.4. The largest absolute Gasteiger partial charge is 0.443 e. The van der Waals surface area contributed by atoms with Gasteiger partial charge in [0.25, 0.3) is 0 Å². The number of nitrogens with zero attached hydrogens (tertiary/aromatic N) is 5. The molecule has 3 rings (SSSR count). The van der Waals surface area contributed by atoms with Crippen LogP contribution in [0.4, 0.5) is 0 Å². The molecule has 162 valence electrons. The van der Waals surface area contributed by atoms with Gasteiger partial charge in [0.2, 0.25) is 11.8 Å². The second-order valence-electron chi connectivity index (χ2n) is 8.53. The van der Waals surface area contributed by atoms with Crippen LogP contribution in [-0.2, 0) is 21.5 Å². The van der Waals surface area contributed by atoms with Gasteiger partial charge in [-0.2, -0.15) is 0 Å². The molecule has 1 aromatic rings. The molecule has 1 N–H and O–H groups in total. The van der Waals surface area contributed by atoms with E-state index in [4.69, 9.17) is 9.15 Å². The van der Waals surface area contributed by atoms with Crippen LogP contribution in [0.5, 0.6) is 0 Å². The Balaban J connectivity index is 1.44. The van der Waals surface area contributed by atoms with Gasteiger partial charge >= 0.3 is 0 Å². The van der Waals surface area contributed by atoms with Crippen molar-refractivity contribution in [1.29, 1.82) is 0 Å². The van der Waals surface area contributed by atoms with Gasteiger partial charge in [0.1, 0.15) is 5.76 Å². The van der Waals surface area contributed by atoms with Crippen molar-refractivity contribution < 1.29 is 13.9 Å². The topological polar surface area (TPSA) is 86.4 Å². The van der Waals surface area contributed by atoms with E-state index in [0.29, 0.717) is 45.3 Å². The highest BCUT2D eigenvalue weighted by molar-refractivity contribution is 5.80. The summed E-state index contributed by atoms with van der Waals surface area (Å²) in [6, 6.07) is 0. The average molecular weight is 407 g/mol. The smallest absolute Gasteiger partial charge is 0.236 e. The Morgan fingerprint density at radius 1 is 1.14 bits per heavy atom. The van der Waals surface area contributed by atoms with Crippen LogP contribution in [0.1, 0.15) is 32.4 Å². The molecule has 1 aromatic heterocycles. The molecule has 1 amide bonds. The first kappa shape index (κ1) is 21.6. The third-order valence-electron chi connectivity index (χ3n) is 5.30. The number of piperazine rings is 1. The molecule has 0 radical (unpaired) electrons. The lowest BCUT2D eigenvalue weighted by Crippen LogP contribution is -2.54. The van der Waals surface area contributed by atoms with Gasteiger partial charge in [0.05, 0.1) is 32.5 Å². The lowest BCUT2D eigenvalue weighted by Gasteiger charge is -2.37. The molecule has 0 spiro atoms. The SMILES string of the molecule is CN=C(NCc1ncc(C(C)(C)C)o1)N1CCN(CC(=O)N2CCOCC2)CC1. The lowest BCUT2D eigenvalue weighted by molar-refractivity contribution is -0.136. The Labute approximate surface area is 173 Å². The molecule has 29 heavy (non-hydrogen) atoms. The Morgan fingerprint density at radius 2 is 1.83 bits per heavy atom. The van der Waals surface area contributed by atoms with Crippen molar-refractivity contribution in [3.05, 3.63) is 17.8 Å². The third-order valence-corrected chi connectivity index (χ3v) is 5.30. The standard InChI is InChI=1S/C20H34N6O3/c1-20(2,3)16-13-22-17(29-16)14-23-19(21-4)26-7-5-24(6-8-26)15-18(27)25-9-11-28-12-10-25/h13H,5-12,14-15H2,1-4H3,(H,21,23). The van der Waals surface area contributed by atoms with Crippen LogP contribution in [0, 0.1) is 0 Å². The summed E-state index contributed by atoms with van der Waals surface area (Å²) < 4.78 is 11.2. The van der Waals surface area contributed by atoms with Crippen molar-refractivity contribution in [3.8, 4) is 0 Å². The maximum atomic E-state index is 12.4. The van der Waals surface area contributed by atoms with Crippen LogP contribution in [0.3, 0.4) is 0 Å². The fraction of sp³-hybridized carbons (Fsp3) is 0.750. The van der Waals surface area contributed by atoms with Gasteiger partial charge in [0.15, 0.2) is 5.96 Å². The van der Waals surface area contributed by atoms with Crippen LogP contribution in [-0.4, -0.2) is 97.6 Å². The number of carbonyl (C=O) groups excluding carboxylic acids is 1. The highest BCUT2D eigenvalue weighted by Crippen LogP contribution is 2.22. The molecule has 2 aliphatic heterocycles. The number of rotatable bonds is 4. The van der Waals surface area contributed by atoms with Gasteiger partial charge in [-0.15, -0.1) is 0 Å². The molecule has 0 aromatic carbocycles. The second kappa shape index (κ2) is 9.58. The van der Waals surface area contributed by atoms with Crippen molar-refractivity contribution >= 4 is 11.9 Å². The number of nitrogens with one attached hydrogen (secondary N) is 1. The molecule has 9 heteroatoms. The summed E-state index contributed by atoms with van der Waals surface area (Å²) in [5.74, 6) is 2.57. The number of aromatic nitrogens is 1. The molecule has 0 bridgehead atoms. The van der Waals surface area contributed by atoms with E-state index in [0.717, 1.165) is 37.9 Å². The van der Waals surface area contributed by atoms with Gasteiger partial charge < -0.3 is 24.3 Å². The maximum Gasteiger partial charge on any atom is 0.236 e. The van der Waals surface area contributed by atoms with Crippen LogP contribution in [0.25, 0.3) is 0 Å². The van der Waals surface area contributed by atoms with E-state index in [1.807, 2.05) is 4.90 Å². The van der Waals surface area contributed by atoms with Crippen LogP contribution in [0.2, 0.25) is 0 Å². The predicted molar refractivity (Wildman–Crippen MR) is 111 cm³/mol. The van der Waals surface area contributed by atoms with Gasteiger partial charge in [-0.25, -0.2) is 4.98 Å². The number of ether oxygens (including phenoxy) is 1. The predicted octanol–water partition coefficient (Wildman–Crippen LogP) is 0.524. The number of oxazole rings is 1. The molecule has 2 aliphatic rings. The van der Waals surface area contributed by atoms with Crippen LogP contribution >= 0.6 is 0 Å². The molecular formula is C20H34N6O3. The summed E-state index contributed by atoms with van der Waals surface area (Å²) >= 11 is 0. The summed E-state index contributed by atoms with van der Waals surface area (Å²) in [6.07, 6.45) is 1.80. The highest BCUT2D eigenvalue weighted by Gasteiger charge is 2.24. The molecule has 9 nitrogen and oxygen atoms in total. The van der Waals surface area contributed by atoms with E-state index in [2.05, 4.69) is 45.9 Å². The minimum Gasteiger partial charge on any atom is -0.443 e. The number of amides is 1. The molecule has 0 unspecified atom stereocenters. The van der Waals surface area contributed by atoms with Gasteiger partial charge in [-0.05, 0) is 0 Å². The summed E-state index contributed by atoms with van der Waals surface area (Å²) in [4.78, 5) is 27.5. The summed E-state index contributed by atoms with van der Waals surface area (Å²) in [5, 5.41) is 3.34. The summed E-state index contributed by atoms with van der Waals surface area (Å²) in [6.45, 7) is 13.3. The lowest BCUT2D eigenvalue weighted by atomic mass is 9.94. The van der Waals surface area contributed by atoms with Gasteiger partial charge in [-0.3, -0.25) is 14.7 Å². The van der Waals surface area contributed by atoms with Crippen molar-refractivity contribution in [2.24, 2.45) is 4.99 Å². The maximum absolute atomic E-state index is 12.4. The molecule has 2 saturated heterocycles. The number of hydrogen-bond acceptors (Lipinski definition) is 6. The third kappa shape index (κ3) is 5.93. The van der Waals surface area contributed by atoms with E-state index >= 15 is 0 Å². The fourth-order valence-corrected chi connectivity index (χ4v) is 3.45. The monoisotopic (exact) mass is 406 g/mol. The van der Waals surface area contributed by atoms with Gasteiger partial charge in [-0.1, -0.05) is 20.8 Å². The van der Waals surface area contributed by atoms with Crippen LogP contribution < -0.4 is 5.32 Å². The number of aliphatic imine (C=N–C) groups is 1. The van der Waals surface area contributed by atoms with Gasteiger partial charge in [0, 0.05) is 51.7 Å². The zero-order valence-corrected chi connectivity index (χ0v) is 18.1. The minimum absolute atomic E-state index is 0.0537. The zero-order chi connectivity index (χ0) is 20.9. The molecule has 0 aliphatic carbocycles. The highest BCUT2D eigenvalue weighted by atomic mass is 16.5. The Morgan fingerprint density at radius 3 is 2.41 bits per heavy atom. The Hall–Kier alpha value is -2.13. The number of carbonyl (C=O) groups is 1. The number of guanidine groups is 1.